The van der Waals surface area contributed by atoms with Crippen molar-refractivity contribution < 1.29 is 0 Å². The summed E-state index contributed by atoms with van der Waals surface area (Å²) in [4.78, 5) is 0. The highest BCUT2D eigenvalue weighted by Gasteiger charge is 2.17. The molecule has 0 bridgehead atoms. The fourth-order valence-corrected chi connectivity index (χ4v) is 5.26. The van der Waals surface area contributed by atoms with Gasteiger partial charge in [0.1, 0.15) is 0 Å². The Bertz CT molecular complexity index is 961. The number of unbranched alkanes of at least 4 members (excludes halogenated alkanes) is 7. The monoisotopic (exact) mass is 433 g/mol. The van der Waals surface area contributed by atoms with Crippen LogP contribution in [0.25, 0.3) is 21.8 Å². The summed E-state index contributed by atoms with van der Waals surface area (Å²) in [5.74, 6) is 1.35. The third-order valence-electron chi connectivity index (χ3n) is 7.34. The molecule has 0 amide bonds. The third-order valence-corrected chi connectivity index (χ3v) is 7.34. The van der Waals surface area contributed by atoms with Gasteiger partial charge in [-0.1, -0.05) is 110 Å². The normalized spacial score (nSPS) is 12.9. The molecule has 0 saturated heterocycles. The van der Waals surface area contributed by atoms with Crippen LogP contribution in [0, 0.1) is 12.8 Å². The second-order valence-corrected chi connectivity index (χ2v) is 10.5. The van der Waals surface area contributed by atoms with Gasteiger partial charge in [0.15, 0.2) is 0 Å². The Labute approximate surface area is 197 Å². The summed E-state index contributed by atoms with van der Waals surface area (Å²) in [5.41, 5.74) is 5.70. The van der Waals surface area contributed by atoms with Gasteiger partial charge in [-0.3, -0.25) is 0 Å². The maximum absolute atomic E-state index is 2.68. The van der Waals surface area contributed by atoms with Crippen molar-refractivity contribution >= 4 is 21.8 Å². The molecule has 0 aliphatic heterocycles. The van der Waals surface area contributed by atoms with Gasteiger partial charge in [-0.25, -0.2) is 0 Å². The van der Waals surface area contributed by atoms with Crippen LogP contribution in [0.2, 0.25) is 0 Å². The average molecular weight is 434 g/mol. The number of benzene rings is 2. The first-order valence-corrected chi connectivity index (χ1v) is 13.6. The highest BCUT2D eigenvalue weighted by molar-refractivity contribution is 6.08. The number of fused-ring (bicyclic) bond motifs is 3. The van der Waals surface area contributed by atoms with Crippen LogP contribution in [0.4, 0.5) is 0 Å². The van der Waals surface area contributed by atoms with Crippen LogP contribution in [-0.4, -0.2) is 4.57 Å². The molecule has 0 aliphatic carbocycles. The average Bonchev–Trinajstić information content (AvgIpc) is 3.08. The molecular formula is C31H47N. The van der Waals surface area contributed by atoms with Crippen molar-refractivity contribution in [3.05, 3.63) is 47.5 Å². The van der Waals surface area contributed by atoms with E-state index >= 15 is 0 Å². The Morgan fingerprint density at radius 3 is 1.88 bits per heavy atom. The molecular weight excluding hydrogens is 386 g/mol. The van der Waals surface area contributed by atoms with E-state index in [1.807, 2.05) is 0 Å². The number of nitrogens with zero attached hydrogens (tertiary/aromatic N) is 1. The molecule has 0 saturated carbocycles. The topological polar surface area (TPSA) is 4.93 Å². The zero-order valence-corrected chi connectivity index (χ0v) is 21.6. The van der Waals surface area contributed by atoms with E-state index in [9.17, 15) is 0 Å². The first kappa shape index (κ1) is 24.9. The van der Waals surface area contributed by atoms with Crippen molar-refractivity contribution in [2.45, 2.75) is 118 Å². The van der Waals surface area contributed by atoms with E-state index in [-0.39, 0.29) is 0 Å². The van der Waals surface area contributed by atoms with E-state index in [0.29, 0.717) is 5.92 Å². The van der Waals surface area contributed by atoms with E-state index in [1.54, 1.807) is 0 Å². The second-order valence-electron chi connectivity index (χ2n) is 10.5. The molecule has 0 fully saturated rings. The van der Waals surface area contributed by atoms with Crippen molar-refractivity contribution in [1.82, 2.24) is 4.57 Å². The summed E-state index contributed by atoms with van der Waals surface area (Å²) in [6.07, 6.45) is 15.2. The molecule has 1 heteroatoms. The van der Waals surface area contributed by atoms with Crippen LogP contribution in [-0.2, 0) is 6.54 Å². The van der Waals surface area contributed by atoms with Crippen LogP contribution in [0.1, 0.15) is 115 Å². The smallest absolute Gasteiger partial charge is 0.0494 e. The maximum Gasteiger partial charge on any atom is 0.0494 e. The summed E-state index contributed by atoms with van der Waals surface area (Å²) in [7, 11) is 0. The fraction of sp³-hybridized carbons (Fsp3) is 0.613. The molecule has 3 rings (SSSR count). The van der Waals surface area contributed by atoms with Crippen molar-refractivity contribution in [2.24, 2.45) is 5.92 Å². The maximum atomic E-state index is 2.68. The summed E-state index contributed by atoms with van der Waals surface area (Å²) in [5, 5.41) is 2.85. The van der Waals surface area contributed by atoms with Crippen LogP contribution < -0.4 is 0 Å². The highest BCUT2D eigenvalue weighted by Crippen LogP contribution is 2.34. The first-order valence-electron chi connectivity index (χ1n) is 13.6. The van der Waals surface area contributed by atoms with Crippen LogP contribution in [0.3, 0.4) is 0 Å². The standard InChI is InChI=1S/C31H47N/c1-6-8-10-12-14-16-26(15-13-11-9-7-2)23-32-30-21-25(5)17-19-28(30)29-20-18-27(24(3)4)22-31(29)32/h17-22,24,26H,6-16,23H2,1-5H3. The lowest BCUT2D eigenvalue weighted by Crippen LogP contribution is -2.11. The summed E-state index contributed by atoms with van der Waals surface area (Å²) in [6.45, 7) is 12.7. The van der Waals surface area contributed by atoms with E-state index in [0.717, 1.165) is 5.92 Å². The molecule has 1 heterocycles. The van der Waals surface area contributed by atoms with Crippen LogP contribution in [0.15, 0.2) is 36.4 Å². The van der Waals surface area contributed by atoms with Crippen molar-refractivity contribution in [3.63, 3.8) is 0 Å². The lowest BCUT2D eigenvalue weighted by atomic mass is 9.94. The number of hydrogen-bond donors (Lipinski definition) is 0. The molecule has 0 aliphatic rings. The summed E-state index contributed by atoms with van der Waals surface area (Å²) in [6, 6.07) is 14.2. The van der Waals surface area contributed by atoms with Gasteiger partial charge < -0.3 is 4.57 Å². The number of rotatable bonds is 14. The van der Waals surface area contributed by atoms with Gasteiger partial charge in [0.05, 0.1) is 0 Å². The number of aromatic nitrogens is 1. The molecule has 32 heavy (non-hydrogen) atoms. The molecule has 0 radical (unpaired) electrons. The predicted molar refractivity (Wildman–Crippen MR) is 144 cm³/mol. The zero-order chi connectivity index (χ0) is 22.9. The first-order chi connectivity index (χ1) is 15.5. The van der Waals surface area contributed by atoms with Gasteiger partial charge in [-0.05, 0) is 54.9 Å². The van der Waals surface area contributed by atoms with E-state index in [2.05, 4.69) is 75.6 Å². The van der Waals surface area contributed by atoms with Gasteiger partial charge in [0.25, 0.3) is 0 Å². The fourth-order valence-electron chi connectivity index (χ4n) is 5.26. The van der Waals surface area contributed by atoms with Crippen LogP contribution in [0.5, 0.6) is 0 Å². The summed E-state index contributed by atoms with van der Waals surface area (Å²) >= 11 is 0. The Hall–Kier alpha value is -1.76. The third kappa shape index (κ3) is 6.40. The summed E-state index contributed by atoms with van der Waals surface area (Å²) < 4.78 is 2.68. The predicted octanol–water partition coefficient (Wildman–Crippen LogP) is 10.2. The lowest BCUT2D eigenvalue weighted by Gasteiger charge is -2.20. The van der Waals surface area contributed by atoms with Gasteiger partial charge in [-0.15, -0.1) is 0 Å². The second kappa shape index (κ2) is 12.5. The SMILES string of the molecule is CCCCCCCC(CCCCCC)Cn1c2cc(C)ccc2c2ccc(C(C)C)cc21. The van der Waals surface area contributed by atoms with Gasteiger partial charge in [0, 0.05) is 28.4 Å². The van der Waals surface area contributed by atoms with Crippen LogP contribution >= 0.6 is 0 Å². The Morgan fingerprint density at radius 2 is 1.25 bits per heavy atom. The Kier molecular flexibility index (Phi) is 9.69. The van der Waals surface area contributed by atoms with Gasteiger partial charge >= 0.3 is 0 Å². The molecule has 1 unspecified atom stereocenters. The van der Waals surface area contributed by atoms with E-state index in [4.69, 9.17) is 0 Å². The number of hydrogen-bond acceptors (Lipinski definition) is 0. The number of aryl methyl sites for hydroxylation is 1. The molecule has 0 N–H and O–H groups in total. The van der Waals surface area contributed by atoms with Crippen molar-refractivity contribution in [2.75, 3.05) is 0 Å². The quantitative estimate of drug-likeness (QED) is 0.223. The minimum Gasteiger partial charge on any atom is -0.340 e. The molecule has 176 valence electrons. The minimum absolute atomic E-state index is 0.566. The molecule has 2 aromatic carbocycles. The van der Waals surface area contributed by atoms with Crippen molar-refractivity contribution in [1.29, 1.82) is 0 Å². The Balaban J connectivity index is 1.90. The van der Waals surface area contributed by atoms with Gasteiger partial charge in [-0.2, -0.15) is 0 Å². The largest absolute Gasteiger partial charge is 0.340 e. The van der Waals surface area contributed by atoms with E-state index in [1.165, 1.54) is 110 Å². The zero-order valence-electron chi connectivity index (χ0n) is 21.6. The highest BCUT2D eigenvalue weighted by atomic mass is 15.0. The van der Waals surface area contributed by atoms with Gasteiger partial charge in [0.2, 0.25) is 0 Å². The van der Waals surface area contributed by atoms with Crippen molar-refractivity contribution in [3.8, 4) is 0 Å². The molecule has 1 nitrogen and oxygen atoms in total. The lowest BCUT2D eigenvalue weighted by molar-refractivity contribution is 0.365. The molecule has 0 spiro atoms. The Morgan fingerprint density at radius 1 is 0.688 bits per heavy atom. The molecule has 3 aromatic rings. The van der Waals surface area contributed by atoms with E-state index < -0.39 is 0 Å². The minimum atomic E-state index is 0.566. The molecule has 1 atom stereocenters. The molecule has 1 aromatic heterocycles.